The van der Waals surface area contributed by atoms with Crippen LogP contribution in [-0.4, -0.2) is 34.2 Å². The summed E-state index contributed by atoms with van der Waals surface area (Å²) in [6.07, 6.45) is 3.53. The maximum absolute atomic E-state index is 12.3. The second-order valence-electron chi connectivity index (χ2n) is 5.35. The minimum absolute atomic E-state index is 0.0554. The Morgan fingerprint density at radius 3 is 2.91 bits per heavy atom. The lowest BCUT2D eigenvalue weighted by molar-refractivity contribution is -0.116. The van der Waals surface area contributed by atoms with Crippen LogP contribution >= 0.6 is 23.4 Å². The number of ketones is 1. The first kappa shape index (κ1) is 19.1. The number of aliphatic hydroxyl groups is 1. The molecule has 1 rings (SSSR count). The van der Waals surface area contributed by atoms with Crippen molar-refractivity contribution < 1.29 is 14.7 Å². The van der Waals surface area contributed by atoms with Crippen LogP contribution in [-0.2, 0) is 9.63 Å². The Morgan fingerprint density at radius 2 is 2.32 bits per heavy atom. The molecule has 0 amide bonds. The fraction of sp³-hybridized carbons (Fsp3) is 0.625. The topological polar surface area (TPSA) is 58.9 Å². The molecule has 0 saturated carbocycles. The zero-order chi connectivity index (χ0) is 16.5. The highest BCUT2D eigenvalue weighted by Crippen LogP contribution is 2.32. The van der Waals surface area contributed by atoms with E-state index in [1.807, 2.05) is 11.8 Å². The van der Waals surface area contributed by atoms with E-state index in [2.05, 4.69) is 19.0 Å². The van der Waals surface area contributed by atoms with Gasteiger partial charge in [0.15, 0.2) is 5.78 Å². The maximum atomic E-state index is 12.3. The zero-order valence-corrected chi connectivity index (χ0v) is 14.9. The van der Waals surface area contributed by atoms with Crippen molar-refractivity contribution >= 4 is 34.9 Å². The van der Waals surface area contributed by atoms with Crippen LogP contribution in [0.25, 0.3) is 0 Å². The minimum Gasteiger partial charge on any atom is -0.511 e. The first-order valence-electron chi connectivity index (χ1n) is 7.48. The lowest BCUT2D eigenvalue weighted by Crippen LogP contribution is -2.25. The van der Waals surface area contributed by atoms with E-state index in [1.165, 1.54) is 5.54 Å². The van der Waals surface area contributed by atoms with Crippen molar-refractivity contribution in [3.05, 3.63) is 22.9 Å². The number of hydrogen-bond acceptors (Lipinski definition) is 5. The number of carbonyl (C=O) groups excluding carboxylic acids is 1. The van der Waals surface area contributed by atoms with Crippen molar-refractivity contribution in [2.75, 3.05) is 12.4 Å². The molecule has 2 unspecified atom stereocenters. The highest BCUT2D eigenvalue weighted by Gasteiger charge is 2.30. The van der Waals surface area contributed by atoms with E-state index >= 15 is 0 Å². The largest absolute Gasteiger partial charge is 0.511 e. The van der Waals surface area contributed by atoms with Gasteiger partial charge in [0.05, 0.1) is 11.3 Å². The molecule has 124 valence electrons. The van der Waals surface area contributed by atoms with E-state index < -0.39 is 0 Å². The molecule has 1 aliphatic carbocycles. The predicted octanol–water partition coefficient (Wildman–Crippen LogP) is 4.45. The normalized spacial score (nSPS) is 21.5. The molecule has 0 aromatic heterocycles. The molecule has 0 aromatic carbocycles. The Bertz CT molecular complexity index is 474. The molecule has 0 bridgehead atoms. The summed E-state index contributed by atoms with van der Waals surface area (Å²) in [4.78, 5) is 17.3. The monoisotopic (exact) mass is 345 g/mol. The molecule has 0 radical (unpaired) electrons. The third-order valence-electron chi connectivity index (χ3n) is 3.46. The number of rotatable bonds is 8. The van der Waals surface area contributed by atoms with Gasteiger partial charge < -0.3 is 9.94 Å². The van der Waals surface area contributed by atoms with Crippen LogP contribution in [0.3, 0.4) is 0 Å². The number of Topliss-reactive ketones (excluding diaryl/α,β-unsaturated/α-hetero) is 1. The lowest BCUT2D eigenvalue weighted by atomic mass is 9.83. The van der Waals surface area contributed by atoms with Gasteiger partial charge in [0.25, 0.3) is 0 Å². The van der Waals surface area contributed by atoms with Crippen molar-refractivity contribution in [3.63, 3.8) is 0 Å². The molecule has 22 heavy (non-hydrogen) atoms. The van der Waals surface area contributed by atoms with E-state index in [4.69, 9.17) is 16.4 Å². The Balaban J connectivity index is 2.70. The van der Waals surface area contributed by atoms with Crippen LogP contribution in [0, 0.1) is 5.92 Å². The number of oxime groups is 1. The maximum Gasteiger partial charge on any atom is 0.168 e. The molecule has 0 aromatic rings. The van der Waals surface area contributed by atoms with Gasteiger partial charge in [-0.1, -0.05) is 30.6 Å². The minimum atomic E-state index is -0.0554. The van der Waals surface area contributed by atoms with E-state index in [0.717, 1.165) is 12.2 Å². The molecule has 0 heterocycles. The molecule has 4 nitrogen and oxygen atoms in total. The SMILES string of the molecule is CCSC(C)CC1CC(=O)C(C(C)=NOCC=CCl)=C(O)C1. The van der Waals surface area contributed by atoms with Crippen molar-refractivity contribution in [1.82, 2.24) is 0 Å². The predicted molar refractivity (Wildman–Crippen MR) is 93.7 cm³/mol. The van der Waals surface area contributed by atoms with Crippen LogP contribution in [0.5, 0.6) is 0 Å². The summed E-state index contributed by atoms with van der Waals surface area (Å²) in [5.41, 5.74) is 2.06. The molecule has 2 atom stereocenters. The van der Waals surface area contributed by atoms with Crippen LogP contribution in [0.15, 0.2) is 28.1 Å². The van der Waals surface area contributed by atoms with Gasteiger partial charge in [0.2, 0.25) is 0 Å². The average molecular weight is 346 g/mol. The van der Waals surface area contributed by atoms with Crippen LogP contribution in [0.1, 0.15) is 40.0 Å². The summed E-state index contributed by atoms with van der Waals surface area (Å²) in [7, 11) is 0. The number of thioether (sulfide) groups is 1. The molecule has 6 heteroatoms. The second kappa shape index (κ2) is 9.95. The molecular formula is C16H24ClNO3S. The van der Waals surface area contributed by atoms with Gasteiger partial charge in [-0.2, -0.15) is 11.8 Å². The number of hydrogen-bond donors (Lipinski definition) is 1. The van der Waals surface area contributed by atoms with Crippen LogP contribution in [0.2, 0.25) is 0 Å². The van der Waals surface area contributed by atoms with Crippen molar-refractivity contribution in [3.8, 4) is 0 Å². The Labute approximate surface area is 141 Å². The Hall–Kier alpha value is -0.940. The van der Waals surface area contributed by atoms with Crippen molar-refractivity contribution in [2.45, 2.75) is 45.3 Å². The van der Waals surface area contributed by atoms with E-state index in [9.17, 15) is 9.90 Å². The van der Waals surface area contributed by atoms with Crippen molar-refractivity contribution in [1.29, 1.82) is 0 Å². The third-order valence-corrected chi connectivity index (χ3v) is 4.74. The van der Waals surface area contributed by atoms with Gasteiger partial charge >= 0.3 is 0 Å². The summed E-state index contributed by atoms with van der Waals surface area (Å²) >= 11 is 7.26. The summed E-state index contributed by atoms with van der Waals surface area (Å²) in [5.74, 6) is 1.35. The smallest absolute Gasteiger partial charge is 0.168 e. The summed E-state index contributed by atoms with van der Waals surface area (Å²) < 4.78 is 0. The first-order chi connectivity index (χ1) is 10.5. The fourth-order valence-electron chi connectivity index (χ4n) is 2.63. The zero-order valence-electron chi connectivity index (χ0n) is 13.3. The van der Waals surface area contributed by atoms with Gasteiger partial charge in [0, 0.05) is 23.6 Å². The summed E-state index contributed by atoms with van der Waals surface area (Å²) in [5, 5.41) is 14.6. The Morgan fingerprint density at radius 1 is 1.59 bits per heavy atom. The number of allylic oxidation sites excluding steroid dienone is 2. The second-order valence-corrected chi connectivity index (χ2v) is 7.32. The molecule has 1 N–H and O–H groups in total. The molecule has 1 aliphatic rings. The number of carbonyl (C=O) groups is 1. The van der Waals surface area contributed by atoms with E-state index in [-0.39, 0.29) is 24.1 Å². The van der Waals surface area contributed by atoms with Gasteiger partial charge in [0.1, 0.15) is 12.4 Å². The molecule has 0 aliphatic heterocycles. The van der Waals surface area contributed by atoms with Gasteiger partial charge in [-0.25, -0.2) is 0 Å². The van der Waals surface area contributed by atoms with Crippen LogP contribution < -0.4 is 0 Å². The summed E-state index contributed by atoms with van der Waals surface area (Å²) in [6, 6.07) is 0. The van der Waals surface area contributed by atoms with Gasteiger partial charge in [-0.15, -0.1) is 0 Å². The van der Waals surface area contributed by atoms with E-state index in [0.29, 0.717) is 29.4 Å². The molecular weight excluding hydrogens is 322 g/mol. The number of halogens is 1. The highest BCUT2D eigenvalue weighted by atomic mass is 35.5. The fourth-order valence-corrected chi connectivity index (χ4v) is 3.68. The molecule has 0 fully saturated rings. The molecule has 0 saturated heterocycles. The highest BCUT2D eigenvalue weighted by molar-refractivity contribution is 7.99. The van der Waals surface area contributed by atoms with Crippen molar-refractivity contribution in [2.24, 2.45) is 11.1 Å². The number of nitrogens with zero attached hydrogens (tertiary/aromatic N) is 1. The standard InChI is InChI=1S/C16H24ClNO3S/c1-4-22-11(2)8-13-9-14(19)16(15(20)10-13)12(3)18-21-7-5-6-17/h5-6,11,13,19H,4,7-10H2,1-3H3. The summed E-state index contributed by atoms with van der Waals surface area (Å²) in [6.45, 7) is 6.20. The third kappa shape index (κ3) is 6.05. The molecule has 0 spiro atoms. The van der Waals surface area contributed by atoms with Crippen LogP contribution in [0.4, 0.5) is 0 Å². The Kier molecular flexibility index (Phi) is 8.64. The first-order valence-corrected chi connectivity index (χ1v) is 8.97. The van der Waals surface area contributed by atoms with Gasteiger partial charge in [-0.3, -0.25) is 4.79 Å². The quantitative estimate of drug-likeness (QED) is 0.401. The van der Waals surface area contributed by atoms with Gasteiger partial charge in [-0.05, 0) is 31.1 Å². The van der Waals surface area contributed by atoms with E-state index in [1.54, 1.807) is 13.0 Å². The lowest BCUT2D eigenvalue weighted by Gasteiger charge is -2.25. The number of aliphatic hydroxyl groups excluding tert-OH is 1. The average Bonchev–Trinajstić information content (AvgIpc) is 2.43.